The fourth-order valence-electron chi connectivity index (χ4n) is 3.05. The van der Waals surface area contributed by atoms with Crippen LogP contribution in [0.2, 0.25) is 0 Å². The third-order valence-corrected chi connectivity index (χ3v) is 4.99. The Balaban J connectivity index is 2.91. The Labute approximate surface area is 182 Å². The molecule has 0 aromatic carbocycles. The van der Waals surface area contributed by atoms with Gasteiger partial charge < -0.3 is 36.6 Å². The van der Waals surface area contributed by atoms with E-state index in [1.165, 1.54) is 0 Å². The summed E-state index contributed by atoms with van der Waals surface area (Å²) in [6, 6.07) is -5.08. The minimum absolute atomic E-state index is 0.164. The summed E-state index contributed by atoms with van der Waals surface area (Å²) < 4.78 is 0. The van der Waals surface area contributed by atoms with Gasteiger partial charge in [-0.25, -0.2) is 4.79 Å². The molecule has 0 spiro atoms. The molecule has 1 aliphatic heterocycles. The Morgan fingerprint density at radius 2 is 1.68 bits per heavy atom. The Bertz CT molecular complexity index is 732. The molecule has 31 heavy (non-hydrogen) atoms. The number of amides is 3. The van der Waals surface area contributed by atoms with E-state index < -0.39 is 72.6 Å². The molecule has 13 nitrogen and oxygen atoms in total. The first-order chi connectivity index (χ1) is 14.5. The molecule has 4 unspecified atom stereocenters. The van der Waals surface area contributed by atoms with Gasteiger partial charge in [0.05, 0.1) is 12.5 Å². The van der Waals surface area contributed by atoms with Crippen LogP contribution < -0.4 is 16.4 Å². The number of thiol groups is 1. The lowest BCUT2D eigenvalue weighted by Crippen LogP contribution is -2.57. The number of carboxylic acid groups (broad SMARTS) is 3. The molecule has 7 N–H and O–H groups in total. The highest BCUT2D eigenvalue weighted by molar-refractivity contribution is 7.80. The number of carbonyl (C=O) groups is 6. The normalized spacial score (nSPS) is 18.5. The van der Waals surface area contributed by atoms with E-state index in [9.17, 15) is 28.8 Å². The van der Waals surface area contributed by atoms with Crippen molar-refractivity contribution in [2.24, 2.45) is 5.73 Å². The number of hydrogen-bond donors (Lipinski definition) is 7. The number of nitrogens with two attached hydrogens (primary N) is 1. The van der Waals surface area contributed by atoms with E-state index in [1.807, 2.05) is 0 Å². The van der Waals surface area contributed by atoms with Crippen LogP contribution >= 0.6 is 12.6 Å². The van der Waals surface area contributed by atoms with Crippen LogP contribution in [-0.4, -0.2) is 92.3 Å². The first kappa shape index (κ1) is 26.2. The highest BCUT2D eigenvalue weighted by Crippen LogP contribution is 2.19. The van der Waals surface area contributed by atoms with Crippen molar-refractivity contribution in [2.75, 3.05) is 12.3 Å². The second-order valence-corrected chi connectivity index (χ2v) is 7.33. The Hall–Kier alpha value is -2.87. The molecule has 1 saturated heterocycles. The first-order valence-corrected chi connectivity index (χ1v) is 10.0. The Morgan fingerprint density at radius 1 is 1.03 bits per heavy atom. The number of rotatable bonds is 12. The predicted octanol–water partition coefficient (Wildman–Crippen LogP) is -2.37. The molecule has 1 aliphatic rings. The van der Waals surface area contributed by atoms with Crippen LogP contribution in [0.4, 0.5) is 0 Å². The molecule has 4 atom stereocenters. The topological polar surface area (TPSA) is 216 Å². The van der Waals surface area contributed by atoms with Crippen molar-refractivity contribution >= 4 is 48.3 Å². The average Bonchev–Trinajstić information content (AvgIpc) is 3.17. The maximum atomic E-state index is 12.7. The summed E-state index contributed by atoms with van der Waals surface area (Å²) in [4.78, 5) is 71.5. The van der Waals surface area contributed by atoms with E-state index in [-0.39, 0.29) is 25.1 Å². The van der Waals surface area contributed by atoms with Gasteiger partial charge in [-0.05, 0) is 19.3 Å². The molecule has 0 aliphatic carbocycles. The summed E-state index contributed by atoms with van der Waals surface area (Å²) in [7, 11) is 0. The molecule has 0 aromatic rings. The molecule has 1 heterocycles. The van der Waals surface area contributed by atoms with Gasteiger partial charge >= 0.3 is 17.9 Å². The van der Waals surface area contributed by atoms with Crippen LogP contribution in [-0.2, 0) is 28.8 Å². The minimum Gasteiger partial charge on any atom is -0.481 e. The Morgan fingerprint density at radius 3 is 2.19 bits per heavy atom. The fourth-order valence-corrected chi connectivity index (χ4v) is 3.30. The van der Waals surface area contributed by atoms with E-state index in [0.717, 1.165) is 4.90 Å². The van der Waals surface area contributed by atoms with E-state index in [1.54, 1.807) is 0 Å². The van der Waals surface area contributed by atoms with Gasteiger partial charge in [0.25, 0.3) is 0 Å². The molecule has 1 rings (SSSR count). The first-order valence-electron chi connectivity index (χ1n) is 9.42. The minimum atomic E-state index is -1.37. The molecular formula is C17H26N4O9S. The van der Waals surface area contributed by atoms with Crippen LogP contribution in [0.1, 0.15) is 32.1 Å². The van der Waals surface area contributed by atoms with Crippen LogP contribution in [0.25, 0.3) is 0 Å². The predicted molar refractivity (Wildman–Crippen MR) is 107 cm³/mol. The fraction of sp³-hybridized carbons (Fsp3) is 0.647. The molecule has 174 valence electrons. The zero-order valence-electron chi connectivity index (χ0n) is 16.5. The lowest BCUT2D eigenvalue weighted by Gasteiger charge is -2.28. The van der Waals surface area contributed by atoms with Gasteiger partial charge in [0.1, 0.15) is 18.1 Å². The summed E-state index contributed by atoms with van der Waals surface area (Å²) in [5.41, 5.74) is 5.59. The van der Waals surface area contributed by atoms with E-state index >= 15 is 0 Å². The number of carboxylic acids is 3. The lowest BCUT2D eigenvalue weighted by atomic mass is 10.1. The van der Waals surface area contributed by atoms with Crippen LogP contribution in [0, 0.1) is 0 Å². The van der Waals surface area contributed by atoms with Gasteiger partial charge in [0.15, 0.2) is 0 Å². The number of hydrogen-bond acceptors (Lipinski definition) is 8. The van der Waals surface area contributed by atoms with Gasteiger partial charge in [0.2, 0.25) is 17.7 Å². The number of likely N-dealkylation sites (tertiary alicyclic amines) is 1. The van der Waals surface area contributed by atoms with Crippen molar-refractivity contribution in [3.05, 3.63) is 0 Å². The smallest absolute Gasteiger partial charge is 0.327 e. The third-order valence-electron chi connectivity index (χ3n) is 4.63. The van der Waals surface area contributed by atoms with Crippen molar-refractivity contribution < 1.29 is 44.1 Å². The van der Waals surface area contributed by atoms with Gasteiger partial charge in [0, 0.05) is 18.7 Å². The third kappa shape index (κ3) is 8.05. The molecule has 0 saturated carbocycles. The molecule has 1 fully saturated rings. The second kappa shape index (κ2) is 12.1. The largest absolute Gasteiger partial charge is 0.481 e. The number of nitrogens with zero attached hydrogens (tertiary/aromatic N) is 1. The van der Waals surface area contributed by atoms with Crippen molar-refractivity contribution in [1.29, 1.82) is 0 Å². The highest BCUT2D eigenvalue weighted by Gasteiger charge is 2.38. The summed E-state index contributed by atoms with van der Waals surface area (Å²) in [6.45, 7) is 0.164. The van der Waals surface area contributed by atoms with Crippen molar-refractivity contribution in [3.8, 4) is 0 Å². The lowest BCUT2D eigenvalue weighted by molar-refractivity contribution is -0.144. The maximum Gasteiger partial charge on any atom is 0.327 e. The van der Waals surface area contributed by atoms with Gasteiger partial charge in [-0.1, -0.05) is 0 Å². The van der Waals surface area contributed by atoms with E-state index in [2.05, 4.69) is 23.3 Å². The molecule has 0 radical (unpaired) electrons. The number of carbonyl (C=O) groups excluding carboxylic acids is 3. The molecule has 0 bridgehead atoms. The Kier molecular flexibility index (Phi) is 10.2. The van der Waals surface area contributed by atoms with Crippen molar-refractivity contribution in [1.82, 2.24) is 15.5 Å². The zero-order valence-corrected chi connectivity index (χ0v) is 17.4. The molecule has 3 amide bonds. The highest BCUT2D eigenvalue weighted by atomic mass is 32.1. The monoisotopic (exact) mass is 462 g/mol. The van der Waals surface area contributed by atoms with Crippen LogP contribution in [0.5, 0.6) is 0 Å². The van der Waals surface area contributed by atoms with Gasteiger partial charge in [-0.2, -0.15) is 12.6 Å². The molecule has 0 aromatic heterocycles. The SMILES string of the molecule is NC(CC(=O)O)C(=O)N1CCCC1C(=O)NC(CCC(=O)O)C(=O)NC(CS)C(=O)O. The summed E-state index contributed by atoms with van der Waals surface area (Å²) in [5.74, 6) is -6.48. The van der Waals surface area contributed by atoms with Gasteiger partial charge in [-0.3, -0.25) is 24.0 Å². The average molecular weight is 462 g/mol. The summed E-state index contributed by atoms with van der Waals surface area (Å²) in [6.07, 6.45) is -0.734. The number of aliphatic carboxylic acids is 3. The maximum absolute atomic E-state index is 12.7. The summed E-state index contributed by atoms with van der Waals surface area (Å²) >= 11 is 3.83. The van der Waals surface area contributed by atoms with Crippen LogP contribution in [0.15, 0.2) is 0 Å². The molecular weight excluding hydrogens is 436 g/mol. The van der Waals surface area contributed by atoms with Gasteiger partial charge in [-0.15, -0.1) is 0 Å². The zero-order chi connectivity index (χ0) is 23.7. The quantitative estimate of drug-likeness (QED) is 0.153. The van der Waals surface area contributed by atoms with E-state index in [4.69, 9.17) is 21.1 Å². The van der Waals surface area contributed by atoms with Crippen molar-refractivity contribution in [3.63, 3.8) is 0 Å². The standard InChI is InChI=1S/C17H26N4O9S/c18-8(6-13(24)25)16(28)21-5-1-2-11(21)15(27)19-9(3-4-12(22)23)14(26)20-10(7-31)17(29)30/h8-11,31H,1-7,18H2,(H,19,27)(H,20,26)(H,22,23)(H,24,25)(H,29,30). The van der Waals surface area contributed by atoms with E-state index in [0.29, 0.717) is 6.42 Å². The second-order valence-electron chi connectivity index (χ2n) is 6.97. The summed E-state index contributed by atoms with van der Waals surface area (Å²) in [5, 5.41) is 31.3. The van der Waals surface area contributed by atoms with Crippen molar-refractivity contribution in [2.45, 2.75) is 56.3 Å². The van der Waals surface area contributed by atoms with Crippen LogP contribution in [0.3, 0.4) is 0 Å². The number of nitrogens with one attached hydrogen (secondary N) is 2. The molecule has 14 heteroatoms.